The van der Waals surface area contributed by atoms with E-state index in [0.717, 1.165) is 25.1 Å². The lowest BCUT2D eigenvalue weighted by Gasteiger charge is -2.23. The van der Waals surface area contributed by atoms with Crippen LogP contribution in [0, 0.1) is 11.6 Å². The second-order valence-electron chi connectivity index (χ2n) is 4.86. The third-order valence-electron chi connectivity index (χ3n) is 3.40. The Morgan fingerprint density at radius 3 is 2.83 bits per heavy atom. The van der Waals surface area contributed by atoms with Gasteiger partial charge in [0.1, 0.15) is 0 Å². The highest BCUT2D eigenvalue weighted by Gasteiger charge is 2.11. The van der Waals surface area contributed by atoms with E-state index in [-0.39, 0.29) is 0 Å². The molecule has 18 heavy (non-hydrogen) atoms. The zero-order valence-corrected chi connectivity index (χ0v) is 10.5. The van der Waals surface area contributed by atoms with E-state index in [0.29, 0.717) is 12.6 Å². The lowest BCUT2D eigenvalue weighted by molar-refractivity contribution is 0.376. The normalized spacial score (nSPS) is 20.0. The predicted octanol–water partition coefficient (Wildman–Crippen LogP) is 2.59. The van der Waals surface area contributed by atoms with Crippen molar-refractivity contribution in [2.24, 2.45) is 0 Å². The minimum Gasteiger partial charge on any atom is -0.314 e. The van der Waals surface area contributed by atoms with Gasteiger partial charge in [-0.3, -0.25) is 0 Å². The maximum atomic E-state index is 13.0. The van der Waals surface area contributed by atoms with Crippen LogP contribution in [0.4, 0.5) is 8.78 Å². The molecule has 1 saturated heterocycles. The molecule has 0 aromatic heterocycles. The van der Waals surface area contributed by atoms with Crippen molar-refractivity contribution in [2.75, 3.05) is 13.1 Å². The molecule has 1 unspecified atom stereocenters. The number of hydrogen-bond donors (Lipinski definition) is 2. The van der Waals surface area contributed by atoms with Crippen LogP contribution in [0.25, 0.3) is 0 Å². The topological polar surface area (TPSA) is 24.1 Å². The van der Waals surface area contributed by atoms with Gasteiger partial charge >= 0.3 is 0 Å². The Hall–Kier alpha value is -1.00. The van der Waals surface area contributed by atoms with Gasteiger partial charge in [0.2, 0.25) is 0 Å². The molecule has 1 aliphatic heterocycles. The zero-order valence-electron chi connectivity index (χ0n) is 10.5. The Morgan fingerprint density at radius 1 is 1.22 bits per heavy atom. The summed E-state index contributed by atoms with van der Waals surface area (Å²) >= 11 is 0. The number of benzene rings is 1. The highest BCUT2D eigenvalue weighted by molar-refractivity contribution is 5.17. The number of piperidine rings is 1. The maximum Gasteiger partial charge on any atom is 0.159 e. The third kappa shape index (κ3) is 4.03. The van der Waals surface area contributed by atoms with Crippen LogP contribution < -0.4 is 10.6 Å². The Labute approximate surface area is 107 Å². The fourth-order valence-corrected chi connectivity index (χ4v) is 2.33. The first-order valence-corrected chi connectivity index (χ1v) is 6.64. The second kappa shape index (κ2) is 6.81. The zero-order chi connectivity index (χ0) is 12.8. The summed E-state index contributed by atoms with van der Waals surface area (Å²) in [6, 6.07) is 4.65. The monoisotopic (exact) mass is 254 g/mol. The highest BCUT2D eigenvalue weighted by atomic mass is 19.2. The van der Waals surface area contributed by atoms with Crippen molar-refractivity contribution < 1.29 is 8.78 Å². The van der Waals surface area contributed by atoms with Crippen molar-refractivity contribution in [1.29, 1.82) is 0 Å². The molecule has 1 aliphatic rings. The van der Waals surface area contributed by atoms with E-state index in [4.69, 9.17) is 0 Å². The molecule has 1 atom stereocenters. The molecule has 0 amide bonds. The van der Waals surface area contributed by atoms with E-state index in [1.807, 2.05) is 0 Å². The fraction of sp³-hybridized carbons (Fsp3) is 0.571. The van der Waals surface area contributed by atoms with Gasteiger partial charge in [-0.15, -0.1) is 0 Å². The quantitative estimate of drug-likeness (QED) is 0.789. The molecule has 1 aromatic rings. The average Bonchev–Trinajstić information content (AvgIpc) is 2.40. The van der Waals surface area contributed by atoms with E-state index < -0.39 is 11.6 Å². The van der Waals surface area contributed by atoms with Gasteiger partial charge in [0.25, 0.3) is 0 Å². The summed E-state index contributed by atoms with van der Waals surface area (Å²) in [5, 5.41) is 6.75. The van der Waals surface area contributed by atoms with Crippen LogP contribution in [0.1, 0.15) is 31.2 Å². The predicted molar refractivity (Wildman–Crippen MR) is 68.3 cm³/mol. The number of hydrogen-bond acceptors (Lipinski definition) is 2. The van der Waals surface area contributed by atoms with E-state index in [1.54, 1.807) is 6.07 Å². The molecule has 0 bridgehead atoms. The lowest BCUT2D eigenvalue weighted by atomic mass is 10.0. The van der Waals surface area contributed by atoms with E-state index in [9.17, 15) is 8.78 Å². The van der Waals surface area contributed by atoms with Gasteiger partial charge in [-0.25, -0.2) is 8.78 Å². The maximum absolute atomic E-state index is 13.0. The molecule has 4 heteroatoms. The Balaban J connectivity index is 1.66. The van der Waals surface area contributed by atoms with Gasteiger partial charge in [0, 0.05) is 12.6 Å². The van der Waals surface area contributed by atoms with Crippen molar-refractivity contribution in [1.82, 2.24) is 10.6 Å². The first-order valence-electron chi connectivity index (χ1n) is 6.64. The summed E-state index contributed by atoms with van der Waals surface area (Å²) in [5.41, 5.74) is 0.783. The smallest absolute Gasteiger partial charge is 0.159 e. The average molecular weight is 254 g/mol. The standard InChI is InChI=1S/C14H20F2N2/c15-13-5-4-11(9-14(13)16)10-17-8-6-12-3-1-2-7-18-12/h4-5,9,12,17-18H,1-3,6-8,10H2. The van der Waals surface area contributed by atoms with Crippen LogP contribution >= 0.6 is 0 Å². The van der Waals surface area contributed by atoms with E-state index >= 15 is 0 Å². The summed E-state index contributed by atoms with van der Waals surface area (Å²) in [4.78, 5) is 0. The molecule has 0 aliphatic carbocycles. The van der Waals surface area contributed by atoms with Crippen LogP contribution in [0.3, 0.4) is 0 Å². The molecule has 1 aromatic carbocycles. The van der Waals surface area contributed by atoms with Crippen LogP contribution in [0.15, 0.2) is 18.2 Å². The fourth-order valence-electron chi connectivity index (χ4n) is 2.33. The van der Waals surface area contributed by atoms with Crippen molar-refractivity contribution in [3.05, 3.63) is 35.4 Å². The summed E-state index contributed by atoms with van der Waals surface area (Å²) in [5.74, 6) is -1.56. The van der Waals surface area contributed by atoms with E-state index in [1.165, 1.54) is 31.4 Å². The molecular formula is C14H20F2N2. The largest absolute Gasteiger partial charge is 0.314 e. The number of halogens is 2. The van der Waals surface area contributed by atoms with Gasteiger partial charge in [-0.2, -0.15) is 0 Å². The molecule has 2 nitrogen and oxygen atoms in total. The van der Waals surface area contributed by atoms with Crippen molar-refractivity contribution in [3.63, 3.8) is 0 Å². The Bertz CT molecular complexity index is 376. The molecule has 2 N–H and O–H groups in total. The van der Waals surface area contributed by atoms with Gasteiger partial charge in [0.15, 0.2) is 11.6 Å². The summed E-state index contributed by atoms with van der Waals surface area (Å²) in [7, 11) is 0. The molecule has 1 heterocycles. The Kier molecular flexibility index (Phi) is 5.08. The van der Waals surface area contributed by atoms with Crippen LogP contribution in [0.2, 0.25) is 0 Å². The van der Waals surface area contributed by atoms with Gasteiger partial charge in [-0.05, 0) is 50.0 Å². The summed E-state index contributed by atoms with van der Waals surface area (Å²) < 4.78 is 25.7. The third-order valence-corrected chi connectivity index (χ3v) is 3.40. The van der Waals surface area contributed by atoms with Crippen LogP contribution in [0.5, 0.6) is 0 Å². The lowest BCUT2D eigenvalue weighted by Crippen LogP contribution is -2.36. The number of rotatable bonds is 5. The van der Waals surface area contributed by atoms with Crippen molar-refractivity contribution in [2.45, 2.75) is 38.3 Å². The molecule has 0 radical (unpaired) electrons. The first-order chi connectivity index (χ1) is 8.75. The van der Waals surface area contributed by atoms with Gasteiger partial charge in [0.05, 0.1) is 0 Å². The highest BCUT2D eigenvalue weighted by Crippen LogP contribution is 2.10. The van der Waals surface area contributed by atoms with Gasteiger partial charge < -0.3 is 10.6 Å². The summed E-state index contributed by atoms with van der Waals surface area (Å²) in [6.45, 7) is 2.61. The summed E-state index contributed by atoms with van der Waals surface area (Å²) in [6.07, 6.45) is 4.91. The minimum absolute atomic E-state index is 0.587. The number of nitrogens with one attached hydrogen (secondary N) is 2. The first kappa shape index (κ1) is 13.4. The SMILES string of the molecule is Fc1ccc(CNCCC2CCCCN2)cc1F. The van der Waals surface area contributed by atoms with E-state index in [2.05, 4.69) is 10.6 Å². The molecule has 0 spiro atoms. The molecular weight excluding hydrogens is 234 g/mol. The minimum atomic E-state index is -0.787. The molecule has 1 fully saturated rings. The second-order valence-corrected chi connectivity index (χ2v) is 4.86. The van der Waals surface area contributed by atoms with Crippen molar-refractivity contribution >= 4 is 0 Å². The van der Waals surface area contributed by atoms with Crippen LogP contribution in [-0.2, 0) is 6.54 Å². The molecule has 0 saturated carbocycles. The molecule has 100 valence electrons. The van der Waals surface area contributed by atoms with Gasteiger partial charge in [-0.1, -0.05) is 12.5 Å². The van der Waals surface area contributed by atoms with Crippen molar-refractivity contribution in [3.8, 4) is 0 Å². The molecule has 2 rings (SSSR count). The van der Waals surface area contributed by atoms with Crippen LogP contribution in [-0.4, -0.2) is 19.1 Å². The Morgan fingerprint density at radius 2 is 2.11 bits per heavy atom.